The number of aromatic nitrogens is 3. The van der Waals surface area contributed by atoms with E-state index in [-0.39, 0.29) is 17.5 Å². The summed E-state index contributed by atoms with van der Waals surface area (Å²) in [6.07, 6.45) is 4.75. The lowest BCUT2D eigenvalue weighted by atomic mass is 9.95. The zero-order chi connectivity index (χ0) is 16.5. The first-order valence-corrected chi connectivity index (χ1v) is 9.08. The molecule has 1 N–H and O–H groups in total. The SMILES string of the molecule is O=C(c1c[nH]c(=O)cn1)N1C[C@H]2CC[C@@H]1CN(Cc1cscn1)C2. The molecule has 8 heteroatoms. The van der Waals surface area contributed by atoms with E-state index in [1.807, 2.05) is 10.4 Å². The second-order valence-electron chi connectivity index (χ2n) is 6.52. The average Bonchev–Trinajstić information content (AvgIpc) is 2.94. The van der Waals surface area contributed by atoms with Crippen molar-refractivity contribution in [2.45, 2.75) is 25.4 Å². The second-order valence-corrected chi connectivity index (χ2v) is 7.24. The molecule has 2 aromatic rings. The van der Waals surface area contributed by atoms with Crippen molar-refractivity contribution in [2.75, 3.05) is 19.6 Å². The highest BCUT2D eigenvalue weighted by Gasteiger charge is 2.37. The molecule has 24 heavy (non-hydrogen) atoms. The molecule has 0 aliphatic carbocycles. The van der Waals surface area contributed by atoms with Gasteiger partial charge in [0.2, 0.25) is 0 Å². The largest absolute Gasteiger partial charge is 0.333 e. The molecule has 0 spiro atoms. The Balaban J connectivity index is 1.51. The van der Waals surface area contributed by atoms with E-state index in [9.17, 15) is 9.59 Å². The summed E-state index contributed by atoms with van der Waals surface area (Å²) in [4.78, 5) is 39.2. The highest BCUT2D eigenvalue weighted by Crippen LogP contribution is 2.29. The number of aromatic amines is 1. The molecule has 3 aliphatic heterocycles. The van der Waals surface area contributed by atoms with Crippen molar-refractivity contribution in [1.29, 1.82) is 0 Å². The van der Waals surface area contributed by atoms with Gasteiger partial charge >= 0.3 is 0 Å². The smallest absolute Gasteiger partial charge is 0.274 e. The molecule has 5 heterocycles. The number of nitrogens with one attached hydrogen (secondary N) is 1. The van der Waals surface area contributed by atoms with Crippen LogP contribution >= 0.6 is 11.3 Å². The molecule has 0 unspecified atom stereocenters. The maximum absolute atomic E-state index is 12.8. The molecular formula is C16H19N5O2S. The minimum absolute atomic E-state index is 0.0866. The van der Waals surface area contributed by atoms with E-state index in [1.54, 1.807) is 11.3 Å². The Morgan fingerprint density at radius 2 is 2.21 bits per heavy atom. The van der Waals surface area contributed by atoms with Crippen LogP contribution in [-0.2, 0) is 6.54 Å². The quantitative estimate of drug-likeness (QED) is 0.896. The summed E-state index contributed by atoms with van der Waals surface area (Å²) in [5.74, 6) is 0.394. The van der Waals surface area contributed by atoms with Gasteiger partial charge in [0.05, 0.1) is 17.4 Å². The number of amides is 1. The van der Waals surface area contributed by atoms with Gasteiger partial charge in [-0.05, 0) is 18.8 Å². The maximum Gasteiger partial charge on any atom is 0.274 e. The Morgan fingerprint density at radius 1 is 1.29 bits per heavy atom. The Labute approximate surface area is 143 Å². The maximum atomic E-state index is 12.8. The Hall–Kier alpha value is -2.06. The van der Waals surface area contributed by atoms with Crippen LogP contribution in [0.3, 0.4) is 0 Å². The van der Waals surface area contributed by atoms with Crippen LogP contribution < -0.4 is 5.56 Å². The summed E-state index contributed by atoms with van der Waals surface area (Å²) in [5, 5.41) is 2.08. The second kappa shape index (κ2) is 6.45. The molecule has 2 bridgehead atoms. The van der Waals surface area contributed by atoms with Gasteiger partial charge in [0.15, 0.2) is 0 Å². The number of piperidine rings is 1. The Bertz CT molecular complexity index is 755. The minimum Gasteiger partial charge on any atom is -0.333 e. The van der Waals surface area contributed by atoms with Crippen LogP contribution in [0.4, 0.5) is 0 Å². The van der Waals surface area contributed by atoms with Crippen molar-refractivity contribution in [1.82, 2.24) is 24.8 Å². The molecule has 0 radical (unpaired) electrons. The van der Waals surface area contributed by atoms with Crippen LogP contribution in [0.2, 0.25) is 0 Å². The van der Waals surface area contributed by atoms with Gasteiger partial charge < -0.3 is 9.88 Å². The average molecular weight is 345 g/mol. The van der Waals surface area contributed by atoms with Crippen LogP contribution in [0, 0.1) is 5.92 Å². The molecule has 0 saturated carbocycles. The lowest BCUT2D eigenvalue weighted by Crippen LogP contribution is -2.47. The number of carbonyl (C=O) groups is 1. The lowest BCUT2D eigenvalue weighted by molar-refractivity contribution is 0.0578. The van der Waals surface area contributed by atoms with Gasteiger partial charge in [-0.2, -0.15) is 0 Å². The number of hydrogen-bond acceptors (Lipinski definition) is 6. The van der Waals surface area contributed by atoms with Gasteiger partial charge in [0.25, 0.3) is 11.5 Å². The zero-order valence-corrected chi connectivity index (χ0v) is 14.0. The van der Waals surface area contributed by atoms with Crippen LogP contribution in [0.1, 0.15) is 29.0 Å². The van der Waals surface area contributed by atoms with Crippen molar-refractivity contribution in [2.24, 2.45) is 5.92 Å². The van der Waals surface area contributed by atoms with Crippen molar-refractivity contribution in [3.05, 3.63) is 45.0 Å². The number of nitrogens with zero attached hydrogens (tertiary/aromatic N) is 4. The van der Waals surface area contributed by atoms with Crippen LogP contribution in [0.25, 0.3) is 0 Å². The molecular weight excluding hydrogens is 326 g/mol. The Kier molecular flexibility index (Phi) is 4.15. The number of carbonyl (C=O) groups excluding carboxylic acids is 1. The summed E-state index contributed by atoms with van der Waals surface area (Å²) in [5.41, 5.74) is 2.98. The van der Waals surface area contributed by atoms with E-state index < -0.39 is 0 Å². The number of hydrogen-bond donors (Lipinski definition) is 1. The number of fused-ring (bicyclic) bond motifs is 4. The predicted molar refractivity (Wildman–Crippen MR) is 89.8 cm³/mol. The third-order valence-electron chi connectivity index (χ3n) is 4.81. The van der Waals surface area contributed by atoms with Crippen LogP contribution in [-0.4, -0.2) is 56.3 Å². The molecule has 3 fully saturated rings. The minimum atomic E-state index is -0.293. The standard InChI is InChI=1S/C16H19N5O2S/c22-15-4-17-14(3-18-15)16(23)21-6-11-1-2-13(21)8-20(5-11)7-12-9-24-10-19-12/h3-4,9-11,13H,1-2,5-8H2,(H,18,22)/t11-,13+/m0/s1. The monoisotopic (exact) mass is 345 g/mol. The first kappa shape index (κ1) is 15.5. The van der Waals surface area contributed by atoms with Crippen molar-refractivity contribution in [3.8, 4) is 0 Å². The fourth-order valence-electron chi connectivity index (χ4n) is 3.71. The zero-order valence-electron chi connectivity index (χ0n) is 13.2. The summed E-state index contributed by atoms with van der Waals surface area (Å²) >= 11 is 1.61. The lowest BCUT2D eigenvalue weighted by Gasteiger charge is -2.36. The molecule has 1 amide bonds. The van der Waals surface area contributed by atoms with Gasteiger partial charge in [-0.3, -0.25) is 14.5 Å². The van der Waals surface area contributed by atoms with E-state index in [0.29, 0.717) is 11.6 Å². The molecule has 5 rings (SSSR count). The number of thiazole rings is 1. The summed E-state index contributed by atoms with van der Waals surface area (Å²) < 4.78 is 0. The molecule has 2 aromatic heterocycles. The molecule has 0 aromatic carbocycles. The van der Waals surface area contributed by atoms with E-state index in [1.165, 1.54) is 6.20 Å². The normalized spacial score (nSPS) is 24.1. The van der Waals surface area contributed by atoms with E-state index in [0.717, 1.165) is 50.9 Å². The Morgan fingerprint density at radius 3 is 2.96 bits per heavy atom. The van der Waals surface area contributed by atoms with E-state index >= 15 is 0 Å². The summed E-state index contributed by atoms with van der Waals surface area (Å²) in [6.45, 7) is 3.47. The van der Waals surface area contributed by atoms with Gasteiger partial charge in [-0.25, -0.2) is 9.97 Å². The van der Waals surface area contributed by atoms with Gasteiger partial charge in [0, 0.05) is 43.8 Å². The van der Waals surface area contributed by atoms with E-state index in [2.05, 4.69) is 25.2 Å². The summed E-state index contributed by atoms with van der Waals surface area (Å²) in [6, 6.07) is 0.198. The third-order valence-corrected chi connectivity index (χ3v) is 5.45. The van der Waals surface area contributed by atoms with Crippen LogP contribution in [0.5, 0.6) is 0 Å². The third kappa shape index (κ3) is 3.11. The molecule has 3 saturated heterocycles. The highest BCUT2D eigenvalue weighted by molar-refractivity contribution is 7.07. The fraction of sp³-hybridized carbons (Fsp3) is 0.500. The number of rotatable bonds is 3. The molecule has 7 nitrogen and oxygen atoms in total. The van der Waals surface area contributed by atoms with Gasteiger partial charge in [-0.15, -0.1) is 11.3 Å². The predicted octanol–water partition coefficient (Wildman–Crippen LogP) is 0.963. The topological polar surface area (TPSA) is 82.2 Å². The molecule has 3 aliphatic rings. The van der Waals surface area contributed by atoms with Gasteiger partial charge in [-0.1, -0.05) is 0 Å². The first-order valence-electron chi connectivity index (χ1n) is 8.14. The molecule has 2 atom stereocenters. The number of H-pyrrole nitrogens is 1. The van der Waals surface area contributed by atoms with Crippen molar-refractivity contribution in [3.63, 3.8) is 0 Å². The molecule has 126 valence electrons. The fourth-order valence-corrected chi connectivity index (χ4v) is 4.26. The van der Waals surface area contributed by atoms with Crippen LogP contribution in [0.15, 0.2) is 28.1 Å². The highest BCUT2D eigenvalue weighted by atomic mass is 32.1. The first-order chi connectivity index (χ1) is 11.7. The van der Waals surface area contributed by atoms with Gasteiger partial charge in [0.1, 0.15) is 5.69 Å². The summed E-state index contributed by atoms with van der Waals surface area (Å²) in [7, 11) is 0. The van der Waals surface area contributed by atoms with E-state index in [4.69, 9.17) is 0 Å². The van der Waals surface area contributed by atoms with Crippen molar-refractivity contribution < 1.29 is 4.79 Å². The van der Waals surface area contributed by atoms with Crippen molar-refractivity contribution >= 4 is 17.2 Å².